The molecule has 0 radical (unpaired) electrons. The Balaban J connectivity index is 0. The monoisotopic (exact) mass is 285 g/mol. The Hall–Kier alpha value is -0.340. The zero-order valence-corrected chi connectivity index (χ0v) is 14.5. The summed E-state index contributed by atoms with van der Waals surface area (Å²) in [7, 11) is 0. The third-order valence-corrected chi connectivity index (χ3v) is 2.96. The van der Waals surface area contributed by atoms with E-state index < -0.39 is 0 Å². The van der Waals surface area contributed by atoms with E-state index in [0.717, 1.165) is 19.8 Å². The van der Waals surface area contributed by atoms with Crippen molar-refractivity contribution in [3.63, 3.8) is 0 Å². The predicted octanol–water partition coefficient (Wildman–Crippen LogP) is 5.32. The smallest absolute Gasteiger partial charge is 0.0647 e. The van der Waals surface area contributed by atoms with Gasteiger partial charge in [-0.25, -0.2) is 0 Å². The van der Waals surface area contributed by atoms with E-state index in [4.69, 9.17) is 10.5 Å². The Morgan fingerprint density at radius 1 is 0.950 bits per heavy atom. The molecule has 0 unspecified atom stereocenters. The number of hydrogen-bond acceptors (Lipinski definition) is 2. The topological polar surface area (TPSA) is 35.2 Å². The minimum atomic E-state index is 0.648. The van der Waals surface area contributed by atoms with Gasteiger partial charge < -0.3 is 10.5 Å². The molecule has 0 aromatic rings. The summed E-state index contributed by atoms with van der Waals surface area (Å²) in [6.07, 6.45) is 15.0. The molecule has 0 amide bonds. The molecule has 0 aliphatic heterocycles. The van der Waals surface area contributed by atoms with E-state index in [1.54, 1.807) is 0 Å². The van der Waals surface area contributed by atoms with Crippen molar-refractivity contribution in [1.82, 2.24) is 0 Å². The van der Waals surface area contributed by atoms with Crippen molar-refractivity contribution in [2.45, 2.75) is 79.1 Å². The number of unbranched alkanes of at least 4 members (excludes halogenated alkanes) is 7. The van der Waals surface area contributed by atoms with Gasteiger partial charge in [0.1, 0.15) is 0 Å². The summed E-state index contributed by atoms with van der Waals surface area (Å²) in [6, 6.07) is 0. The van der Waals surface area contributed by atoms with Gasteiger partial charge in [0, 0.05) is 6.61 Å². The minimum Gasteiger partial charge on any atom is -0.377 e. The molecular weight excluding hydrogens is 246 g/mol. The van der Waals surface area contributed by atoms with Crippen molar-refractivity contribution >= 4 is 0 Å². The number of allylic oxidation sites excluding steroid dienone is 1. The van der Waals surface area contributed by atoms with E-state index in [0.29, 0.717) is 5.92 Å². The third kappa shape index (κ3) is 26.3. The molecule has 0 bridgehead atoms. The standard InChI is InChI=1S/C10H23N.C8H16O/c1-2-3-4-5-6-7-8-9-10-11;1-4-5-6-9-7-8(2)3/h2-11H2,1H3;4-5,8H,6-7H2,1-3H3. The third-order valence-electron chi connectivity index (χ3n) is 2.96. The zero-order chi connectivity index (χ0) is 15.5. The van der Waals surface area contributed by atoms with Crippen molar-refractivity contribution in [3.8, 4) is 0 Å². The van der Waals surface area contributed by atoms with E-state index in [2.05, 4.69) is 20.8 Å². The lowest BCUT2D eigenvalue weighted by Gasteiger charge is -2.02. The first kappa shape index (κ1) is 21.9. The second-order valence-corrected chi connectivity index (χ2v) is 5.76. The highest BCUT2D eigenvalue weighted by molar-refractivity contribution is 4.75. The molecule has 0 aromatic carbocycles. The predicted molar refractivity (Wildman–Crippen MR) is 92.1 cm³/mol. The first-order valence-electron chi connectivity index (χ1n) is 8.57. The molecular formula is C18H39NO. The summed E-state index contributed by atoms with van der Waals surface area (Å²) >= 11 is 0. The van der Waals surface area contributed by atoms with Crippen LogP contribution in [0.25, 0.3) is 0 Å². The molecule has 0 spiro atoms. The molecule has 20 heavy (non-hydrogen) atoms. The van der Waals surface area contributed by atoms with Crippen LogP contribution in [0.15, 0.2) is 12.2 Å². The average molecular weight is 286 g/mol. The fourth-order valence-electron chi connectivity index (χ4n) is 1.75. The summed E-state index contributed by atoms with van der Waals surface area (Å²) in [6.45, 7) is 11.0. The van der Waals surface area contributed by atoms with Gasteiger partial charge >= 0.3 is 0 Å². The van der Waals surface area contributed by atoms with Crippen LogP contribution in [0.2, 0.25) is 0 Å². The molecule has 122 valence electrons. The largest absolute Gasteiger partial charge is 0.377 e. The van der Waals surface area contributed by atoms with E-state index in [-0.39, 0.29) is 0 Å². The van der Waals surface area contributed by atoms with Crippen LogP contribution in [0.1, 0.15) is 79.1 Å². The molecule has 0 saturated carbocycles. The van der Waals surface area contributed by atoms with Gasteiger partial charge in [0.2, 0.25) is 0 Å². The molecule has 0 aliphatic carbocycles. The lowest BCUT2D eigenvalue weighted by atomic mass is 10.1. The van der Waals surface area contributed by atoms with Gasteiger partial charge in [0.25, 0.3) is 0 Å². The van der Waals surface area contributed by atoms with Gasteiger partial charge in [-0.15, -0.1) is 0 Å². The SMILES string of the molecule is CC=CCOCC(C)C.CCCCCCCCCCN. The molecule has 0 rings (SSSR count). The quantitative estimate of drug-likeness (QED) is 0.389. The maximum Gasteiger partial charge on any atom is 0.0647 e. The maximum absolute atomic E-state index is 5.39. The van der Waals surface area contributed by atoms with Gasteiger partial charge in [0.15, 0.2) is 0 Å². The lowest BCUT2D eigenvalue weighted by Crippen LogP contribution is -2.00. The van der Waals surface area contributed by atoms with E-state index in [1.807, 2.05) is 19.1 Å². The molecule has 0 saturated heterocycles. The van der Waals surface area contributed by atoms with Crippen molar-refractivity contribution in [1.29, 1.82) is 0 Å². The van der Waals surface area contributed by atoms with Gasteiger partial charge in [-0.1, -0.05) is 77.9 Å². The van der Waals surface area contributed by atoms with E-state index in [9.17, 15) is 0 Å². The van der Waals surface area contributed by atoms with Gasteiger partial charge in [-0.3, -0.25) is 0 Å². The van der Waals surface area contributed by atoms with Crippen LogP contribution in [0.4, 0.5) is 0 Å². The van der Waals surface area contributed by atoms with Crippen LogP contribution in [-0.4, -0.2) is 19.8 Å². The molecule has 2 heteroatoms. The second-order valence-electron chi connectivity index (χ2n) is 5.76. The second kappa shape index (κ2) is 21.0. The van der Waals surface area contributed by atoms with Crippen molar-refractivity contribution in [2.24, 2.45) is 11.7 Å². The summed E-state index contributed by atoms with van der Waals surface area (Å²) in [4.78, 5) is 0. The average Bonchev–Trinajstić information content (AvgIpc) is 2.43. The summed E-state index contributed by atoms with van der Waals surface area (Å²) < 4.78 is 5.25. The van der Waals surface area contributed by atoms with E-state index >= 15 is 0 Å². The number of hydrogen-bond donors (Lipinski definition) is 1. The number of nitrogens with two attached hydrogens (primary N) is 1. The van der Waals surface area contributed by atoms with Crippen LogP contribution in [-0.2, 0) is 4.74 Å². The summed E-state index contributed by atoms with van der Waals surface area (Å²) in [5, 5.41) is 0. The lowest BCUT2D eigenvalue weighted by molar-refractivity contribution is 0.135. The van der Waals surface area contributed by atoms with Gasteiger partial charge in [0.05, 0.1) is 6.61 Å². The van der Waals surface area contributed by atoms with Crippen LogP contribution >= 0.6 is 0 Å². The fourth-order valence-corrected chi connectivity index (χ4v) is 1.75. The highest BCUT2D eigenvalue weighted by Gasteiger charge is 1.90. The van der Waals surface area contributed by atoms with Crippen LogP contribution in [0.5, 0.6) is 0 Å². The van der Waals surface area contributed by atoms with Crippen molar-refractivity contribution in [2.75, 3.05) is 19.8 Å². The Bertz CT molecular complexity index is 170. The fraction of sp³-hybridized carbons (Fsp3) is 0.889. The van der Waals surface area contributed by atoms with Crippen LogP contribution in [0, 0.1) is 5.92 Å². The molecule has 2 N–H and O–H groups in total. The minimum absolute atomic E-state index is 0.648. The maximum atomic E-state index is 5.39. The Labute approximate surface area is 128 Å². The normalized spacial score (nSPS) is 10.9. The van der Waals surface area contributed by atoms with Crippen molar-refractivity contribution in [3.05, 3.63) is 12.2 Å². The first-order chi connectivity index (χ1) is 9.68. The summed E-state index contributed by atoms with van der Waals surface area (Å²) in [5.41, 5.74) is 5.39. The number of rotatable bonds is 12. The molecule has 0 heterocycles. The molecule has 0 aliphatic rings. The van der Waals surface area contributed by atoms with Crippen LogP contribution in [0.3, 0.4) is 0 Å². The number of ether oxygens (including phenoxy) is 1. The van der Waals surface area contributed by atoms with E-state index in [1.165, 1.54) is 51.4 Å². The van der Waals surface area contributed by atoms with Crippen molar-refractivity contribution < 1.29 is 4.74 Å². The molecule has 0 aromatic heterocycles. The van der Waals surface area contributed by atoms with Crippen LogP contribution < -0.4 is 5.73 Å². The van der Waals surface area contributed by atoms with Gasteiger partial charge in [-0.2, -0.15) is 0 Å². The molecule has 0 atom stereocenters. The highest BCUT2D eigenvalue weighted by atomic mass is 16.5. The summed E-state index contributed by atoms with van der Waals surface area (Å²) in [5.74, 6) is 0.648. The Morgan fingerprint density at radius 2 is 1.50 bits per heavy atom. The van der Waals surface area contributed by atoms with Gasteiger partial charge in [-0.05, 0) is 25.8 Å². The molecule has 2 nitrogen and oxygen atoms in total. The highest BCUT2D eigenvalue weighted by Crippen LogP contribution is 2.07. The first-order valence-corrected chi connectivity index (χ1v) is 8.57. The Kier molecular flexibility index (Phi) is 23.0. The molecule has 0 fully saturated rings. The Morgan fingerprint density at radius 3 is 1.95 bits per heavy atom. The zero-order valence-electron chi connectivity index (χ0n) is 14.5.